The molecule has 0 N–H and O–H groups in total. The Hall–Kier alpha value is -5.80. The molecule has 0 bridgehead atoms. The van der Waals surface area contributed by atoms with E-state index in [0.717, 1.165) is 56.5 Å². The van der Waals surface area contributed by atoms with Gasteiger partial charge in [0.1, 0.15) is 11.2 Å². The van der Waals surface area contributed by atoms with Gasteiger partial charge in [-0.1, -0.05) is 104 Å². The predicted octanol–water partition coefficient (Wildman–Crippen LogP) is 10.8. The van der Waals surface area contributed by atoms with Crippen LogP contribution in [0.1, 0.15) is 11.3 Å². The summed E-state index contributed by atoms with van der Waals surface area (Å²) in [4.78, 5) is 0. The van der Waals surface area contributed by atoms with E-state index in [1.165, 1.54) is 33.1 Å². The van der Waals surface area contributed by atoms with Crippen LogP contribution in [0.3, 0.4) is 0 Å². The third-order valence-corrected chi connectivity index (χ3v) is 8.89. The van der Waals surface area contributed by atoms with Crippen LogP contribution in [0.4, 0.5) is 0 Å². The lowest BCUT2D eigenvalue weighted by Gasteiger charge is -2.17. The molecular weight excluding hydrogens is 536 g/mol. The highest BCUT2D eigenvalue weighted by molar-refractivity contribution is 6.09. The van der Waals surface area contributed by atoms with Crippen molar-refractivity contribution in [3.05, 3.63) is 163 Å². The van der Waals surface area contributed by atoms with E-state index in [1.54, 1.807) is 0 Å². The van der Waals surface area contributed by atoms with Crippen LogP contribution in [0.25, 0.3) is 71.9 Å². The summed E-state index contributed by atoms with van der Waals surface area (Å²) < 4.78 is 11.0. The minimum absolute atomic E-state index is 0.818. The summed E-state index contributed by atoms with van der Waals surface area (Å²) in [5.41, 5.74) is 12.1. The average molecular weight is 565 g/mol. The van der Waals surface area contributed by atoms with Gasteiger partial charge in [0.15, 0.2) is 0 Å². The maximum Gasteiger partial charge on any atom is 0.135 e. The van der Waals surface area contributed by atoms with Gasteiger partial charge in [0, 0.05) is 38.5 Å². The Bertz CT molecular complexity index is 2480. The molecule has 3 nitrogen and oxygen atoms in total. The third kappa shape index (κ3) is 3.56. The van der Waals surface area contributed by atoms with Gasteiger partial charge in [-0.3, -0.25) is 0 Å². The molecule has 1 aliphatic carbocycles. The lowest BCUT2D eigenvalue weighted by Crippen LogP contribution is -2.03. The van der Waals surface area contributed by atoms with Crippen LogP contribution >= 0.6 is 0 Å². The molecule has 0 fully saturated rings. The van der Waals surface area contributed by atoms with Gasteiger partial charge < -0.3 is 13.6 Å². The first-order valence-corrected chi connectivity index (χ1v) is 15.0. The van der Waals surface area contributed by atoms with Gasteiger partial charge in [-0.15, -0.1) is 0 Å². The highest BCUT2D eigenvalue weighted by Crippen LogP contribution is 2.46. The van der Waals surface area contributed by atoms with Crippen molar-refractivity contribution in [3.63, 3.8) is 0 Å². The summed E-state index contributed by atoms with van der Waals surface area (Å²) in [6.07, 6.45) is 9.47. The number of hydrogen-bond donors (Lipinski definition) is 0. The molecule has 0 amide bonds. The standard InChI is InChI=1S/C41H28N2O/c1-27-14-4-2-7-19-32-30-17-8-11-21-35(30)42(28-15-5-3-6-16-28)41(32)39-33-20-9-12-22-36(33)43(40(27)39)29-24-25-38-34(26-29)31-18-10-13-23-37(31)44-38/h2-18,20-26H,1,19H2/b7-2-,14-4-. The Morgan fingerprint density at radius 1 is 0.545 bits per heavy atom. The molecule has 5 aromatic carbocycles. The van der Waals surface area contributed by atoms with Crippen LogP contribution in [-0.4, -0.2) is 9.13 Å². The fraction of sp³-hybridized carbons (Fsp3) is 0.0244. The SMILES string of the molecule is C=C1/C=C\C=C/Cc2c(n(-c3ccccc3)c3ccccc23)-c2c1n(-c1ccc3oc4ccccc4c3c1)c1ccccc21. The van der Waals surface area contributed by atoms with Gasteiger partial charge in [0.05, 0.1) is 22.4 Å². The largest absolute Gasteiger partial charge is 0.456 e. The Kier molecular flexibility index (Phi) is 5.41. The summed E-state index contributed by atoms with van der Waals surface area (Å²) in [7, 11) is 0. The lowest BCUT2D eigenvalue weighted by atomic mass is 9.96. The molecule has 8 aromatic rings. The highest BCUT2D eigenvalue weighted by atomic mass is 16.3. The number of benzene rings is 5. The number of allylic oxidation sites excluding steroid dienone is 5. The maximum atomic E-state index is 6.21. The topological polar surface area (TPSA) is 23.0 Å². The number of fused-ring (bicyclic) bond motifs is 10. The first-order valence-electron chi connectivity index (χ1n) is 15.0. The molecular formula is C41H28N2O. The first kappa shape index (κ1) is 24.8. The molecule has 0 spiro atoms. The molecule has 3 heteroatoms. The van der Waals surface area contributed by atoms with Crippen molar-refractivity contribution in [2.45, 2.75) is 6.42 Å². The van der Waals surface area contributed by atoms with Gasteiger partial charge >= 0.3 is 0 Å². The fourth-order valence-corrected chi connectivity index (χ4v) is 7.04. The van der Waals surface area contributed by atoms with E-state index in [4.69, 9.17) is 4.42 Å². The van der Waals surface area contributed by atoms with Crippen LogP contribution in [0, 0.1) is 0 Å². The zero-order chi connectivity index (χ0) is 29.2. The second kappa shape index (κ2) is 9.62. The highest BCUT2D eigenvalue weighted by Gasteiger charge is 2.28. The number of para-hydroxylation sites is 4. The average Bonchev–Trinajstić information content (AvgIpc) is 3.72. The summed E-state index contributed by atoms with van der Waals surface area (Å²) in [5.74, 6) is 0. The van der Waals surface area contributed by atoms with E-state index < -0.39 is 0 Å². The molecule has 3 aromatic heterocycles. The molecule has 0 aliphatic heterocycles. The van der Waals surface area contributed by atoms with Gasteiger partial charge in [-0.2, -0.15) is 0 Å². The molecule has 9 rings (SSSR count). The van der Waals surface area contributed by atoms with Gasteiger partial charge in [-0.05, 0) is 66.1 Å². The molecule has 44 heavy (non-hydrogen) atoms. The molecule has 0 atom stereocenters. The van der Waals surface area contributed by atoms with Gasteiger partial charge in [0.25, 0.3) is 0 Å². The van der Waals surface area contributed by atoms with E-state index in [9.17, 15) is 0 Å². The minimum Gasteiger partial charge on any atom is -0.456 e. The van der Waals surface area contributed by atoms with Crippen molar-refractivity contribution in [1.82, 2.24) is 9.13 Å². The van der Waals surface area contributed by atoms with E-state index in [1.807, 2.05) is 12.1 Å². The Labute approximate surface area is 254 Å². The molecule has 0 saturated heterocycles. The van der Waals surface area contributed by atoms with Gasteiger partial charge in [-0.25, -0.2) is 0 Å². The van der Waals surface area contributed by atoms with Crippen LogP contribution in [0.15, 0.2) is 157 Å². The Morgan fingerprint density at radius 2 is 1.20 bits per heavy atom. The van der Waals surface area contributed by atoms with Crippen molar-refractivity contribution >= 4 is 49.3 Å². The second-order valence-corrected chi connectivity index (χ2v) is 11.4. The predicted molar refractivity (Wildman–Crippen MR) is 184 cm³/mol. The number of nitrogens with zero attached hydrogens (tertiary/aromatic N) is 2. The first-order chi connectivity index (χ1) is 21.8. The molecule has 0 radical (unpaired) electrons. The molecule has 1 aliphatic rings. The van der Waals surface area contributed by atoms with Crippen molar-refractivity contribution in [2.24, 2.45) is 0 Å². The monoisotopic (exact) mass is 564 g/mol. The van der Waals surface area contributed by atoms with Crippen LogP contribution in [-0.2, 0) is 6.42 Å². The fourth-order valence-electron chi connectivity index (χ4n) is 7.04. The van der Waals surface area contributed by atoms with E-state index >= 15 is 0 Å². The normalized spacial score (nSPS) is 14.7. The van der Waals surface area contributed by atoms with Crippen LogP contribution in [0.2, 0.25) is 0 Å². The number of rotatable bonds is 2. The molecule has 3 heterocycles. The van der Waals surface area contributed by atoms with Crippen molar-refractivity contribution in [2.75, 3.05) is 0 Å². The zero-order valence-electron chi connectivity index (χ0n) is 24.1. The summed E-state index contributed by atoms with van der Waals surface area (Å²) in [5, 5.41) is 4.68. The van der Waals surface area contributed by atoms with E-state index in [2.05, 4.69) is 149 Å². The number of aromatic nitrogens is 2. The maximum absolute atomic E-state index is 6.21. The second-order valence-electron chi connectivity index (χ2n) is 11.4. The summed E-state index contributed by atoms with van der Waals surface area (Å²) >= 11 is 0. The van der Waals surface area contributed by atoms with Crippen LogP contribution < -0.4 is 0 Å². The van der Waals surface area contributed by atoms with E-state index in [0.29, 0.717) is 0 Å². The van der Waals surface area contributed by atoms with Crippen molar-refractivity contribution in [3.8, 4) is 22.6 Å². The summed E-state index contributed by atoms with van der Waals surface area (Å²) in [6, 6.07) is 43.0. The molecule has 208 valence electrons. The quantitative estimate of drug-likeness (QED) is 0.205. The number of furan rings is 1. The third-order valence-electron chi connectivity index (χ3n) is 8.89. The Morgan fingerprint density at radius 3 is 2.05 bits per heavy atom. The Balaban J connectivity index is 1.46. The zero-order valence-corrected chi connectivity index (χ0v) is 24.1. The molecule has 0 saturated carbocycles. The minimum atomic E-state index is 0.818. The summed E-state index contributed by atoms with van der Waals surface area (Å²) in [6.45, 7) is 4.67. The lowest BCUT2D eigenvalue weighted by molar-refractivity contribution is 0.669. The van der Waals surface area contributed by atoms with Crippen molar-refractivity contribution in [1.29, 1.82) is 0 Å². The van der Waals surface area contributed by atoms with Gasteiger partial charge in [0.2, 0.25) is 0 Å². The van der Waals surface area contributed by atoms with Crippen molar-refractivity contribution < 1.29 is 4.42 Å². The molecule has 0 unspecified atom stereocenters. The number of hydrogen-bond acceptors (Lipinski definition) is 1. The van der Waals surface area contributed by atoms with Crippen LogP contribution in [0.5, 0.6) is 0 Å². The van der Waals surface area contributed by atoms with E-state index in [-0.39, 0.29) is 0 Å². The smallest absolute Gasteiger partial charge is 0.135 e.